The normalized spacial score (nSPS) is 10.6. The Morgan fingerprint density at radius 2 is 2.06 bits per heavy atom. The number of hydrogen-bond donors (Lipinski definition) is 0. The lowest BCUT2D eigenvalue weighted by atomic mass is 10.0. The third kappa shape index (κ3) is 2.64. The summed E-state index contributed by atoms with van der Waals surface area (Å²) in [6, 6.07) is 4.37. The fourth-order valence-corrected chi connectivity index (χ4v) is 2.43. The zero-order valence-corrected chi connectivity index (χ0v) is 10.7. The third-order valence-corrected chi connectivity index (χ3v) is 3.52. The molecule has 1 aromatic carbocycles. The molecule has 1 nitrogen and oxygen atoms in total. The molecule has 0 aliphatic rings. The van der Waals surface area contributed by atoms with Gasteiger partial charge in [-0.1, -0.05) is 6.07 Å². The molecule has 1 heterocycles. The SMILES string of the molecule is Cc1ccc(F)c(C(=O)CCc2ccsc2)c1F. The highest BCUT2D eigenvalue weighted by Gasteiger charge is 2.18. The van der Waals surface area contributed by atoms with Crippen LogP contribution in [0.25, 0.3) is 0 Å². The number of Topliss-reactive ketones (excluding diaryl/α,β-unsaturated/α-hetero) is 1. The van der Waals surface area contributed by atoms with Crippen molar-refractivity contribution in [3.63, 3.8) is 0 Å². The highest BCUT2D eigenvalue weighted by molar-refractivity contribution is 7.07. The van der Waals surface area contributed by atoms with E-state index in [0.29, 0.717) is 6.42 Å². The second-order valence-electron chi connectivity index (χ2n) is 4.11. The predicted molar refractivity (Wildman–Crippen MR) is 68.1 cm³/mol. The van der Waals surface area contributed by atoms with Crippen molar-refractivity contribution >= 4 is 17.1 Å². The molecule has 0 atom stereocenters. The quantitative estimate of drug-likeness (QED) is 0.760. The van der Waals surface area contributed by atoms with Crippen molar-refractivity contribution in [3.05, 3.63) is 57.3 Å². The smallest absolute Gasteiger partial charge is 0.169 e. The standard InChI is InChI=1S/C14H12F2OS/c1-9-2-4-11(15)13(14(9)16)12(17)5-3-10-6-7-18-8-10/h2,4,6-8H,3,5H2,1H3. The highest BCUT2D eigenvalue weighted by atomic mass is 32.1. The lowest BCUT2D eigenvalue weighted by Gasteiger charge is -2.06. The summed E-state index contributed by atoms with van der Waals surface area (Å²) >= 11 is 1.54. The van der Waals surface area contributed by atoms with E-state index in [0.717, 1.165) is 11.6 Å². The molecule has 0 aliphatic carbocycles. The van der Waals surface area contributed by atoms with Crippen molar-refractivity contribution in [3.8, 4) is 0 Å². The number of thiophene rings is 1. The number of carbonyl (C=O) groups excluding carboxylic acids is 1. The minimum atomic E-state index is -0.784. The van der Waals surface area contributed by atoms with Crippen molar-refractivity contribution in [2.75, 3.05) is 0 Å². The predicted octanol–water partition coefficient (Wildman–Crippen LogP) is 4.15. The van der Waals surface area contributed by atoms with Gasteiger partial charge in [0.1, 0.15) is 11.6 Å². The summed E-state index contributed by atoms with van der Waals surface area (Å²) in [5, 5.41) is 3.84. The largest absolute Gasteiger partial charge is 0.294 e. The van der Waals surface area contributed by atoms with E-state index in [4.69, 9.17) is 0 Å². The number of aryl methyl sites for hydroxylation is 2. The maximum atomic E-state index is 13.7. The first kappa shape index (κ1) is 12.9. The summed E-state index contributed by atoms with van der Waals surface area (Å²) in [5.41, 5.74) is 0.891. The monoisotopic (exact) mass is 266 g/mol. The van der Waals surface area contributed by atoms with E-state index >= 15 is 0 Å². The van der Waals surface area contributed by atoms with Gasteiger partial charge < -0.3 is 0 Å². The van der Waals surface area contributed by atoms with Crippen LogP contribution < -0.4 is 0 Å². The average Bonchev–Trinajstić information content (AvgIpc) is 2.85. The zero-order valence-electron chi connectivity index (χ0n) is 9.87. The molecule has 0 saturated heterocycles. The maximum absolute atomic E-state index is 13.7. The van der Waals surface area contributed by atoms with E-state index in [2.05, 4.69) is 0 Å². The fraction of sp³-hybridized carbons (Fsp3) is 0.214. The van der Waals surface area contributed by atoms with Gasteiger partial charge in [0.15, 0.2) is 5.78 Å². The lowest BCUT2D eigenvalue weighted by molar-refractivity contribution is 0.0974. The van der Waals surface area contributed by atoms with Crippen LogP contribution in [0.4, 0.5) is 8.78 Å². The summed E-state index contributed by atoms with van der Waals surface area (Å²) in [6.07, 6.45) is 0.628. The van der Waals surface area contributed by atoms with Crippen LogP contribution in [0.1, 0.15) is 27.9 Å². The van der Waals surface area contributed by atoms with Gasteiger partial charge in [0.2, 0.25) is 0 Å². The molecule has 2 rings (SSSR count). The van der Waals surface area contributed by atoms with Crippen LogP contribution in [0.15, 0.2) is 29.0 Å². The van der Waals surface area contributed by atoms with Crippen molar-refractivity contribution in [2.24, 2.45) is 0 Å². The van der Waals surface area contributed by atoms with Gasteiger partial charge in [0.25, 0.3) is 0 Å². The fourth-order valence-electron chi connectivity index (χ4n) is 1.73. The van der Waals surface area contributed by atoms with Gasteiger partial charge in [-0.2, -0.15) is 11.3 Å². The highest BCUT2D eigenvalue weighted by Crippen LogP contribution is 2.19. The number of rotatable bonds is 4. The first-order valence-electron chi connectivity index (χ1n) is 5.58. The Morgan fingerprint density at radius 3 is 2.72 bits per heavy atom. The van der Waals surface area contributed by atoms with Gasteiger partial charge in [-0.3, -0.25) is 4.79 Å². The Hall–Kier alpha value is -1.55. The molecule has 18 heavy (non-hydrogen) atoms. The molecular weight excluding hydrogens is 254 g/mol. The number of hydrogen-bond acceptors (Lipinski definition) is 2. The number of ketones is 1. The lowest BCUT2D eigenvalue weighted by Crippen LogP contribution is -2.08. The molecule has 0 unspecified atom stereocenters. The summed E-state index contributed by atoms with van der Waals surface area (Å²) < 4.78 is 27.2. The van der Waals surface area contributed by atoms with Gasteiger partial charge in [0.05, 0.1) is 5.56 Å². The molecule has 0 aliphatic heterocycles. The average molecular weight is 266 g/mol. The maximum Gasteiger partial charge on any atom is 0.169 e. The van der Waals surface area contributed by atoms with Gasteiger partial charge >= 0.3 is 0 Å². The van der Waals surface area contributed by atoms with E-state index in [9.17, 15) is 13.6 Å². The van der Waals surface area contributed by atoms with Gasteiger partial charge in [-0.25, -0.2) is 8.78 Å². The Bertz CT molecular complexity index is 561. The van der Waals surface area contributed by atoms with E-state index in [1.54, 1.807) is 0 Å². The van der Waals surface area contributed by atoms with Crippen LogP contribution in [0.3, 0.4) is 0 Å². The second kappa shape index (κ2) is 5.40. The van der Waals surface area contributed by atoms with Crippen LogP contribution in [0.5, 0.6) is 0 Å². The Balaban J connectivity index is 2.16. The molecule has 0 bridgehead atoms. The van der Waals surface area contributed by atoms with E-state index in [1.807, 2.05) is 16.8 Å². The van der Waals surface area contributed by atoms with E-state index in [1.165, 1.54) is 24.3 Å². The van der Waals surface area contributed by atoms with Crippen molar-refractivity contribution in [1.29, 1.82) is 0 Å². The zero-order chi connectivity index (χ0) is 13.1. The molecule has 1 aromatic heterocycles. The number of benzene rings is 1. The number of halogens is 2. The van der Waals surface area contributed by atoms with Crippen LogP contribution in [0.2, 0.25) is 0 Å². The third-order valence-electron chi connectivity index (χ3n) is 2.78. The van der Waals surface area contributed by atoms with Gasteiger partial charge in [0, 0.05) is 6.42 Å². The summed E-state index contributed by atoms with van der Waals surface area (Å²) in [5.74, 6) is -2.02. The summed E-state index contributed by atoms with van der Waals surface area (Å²) in [7, 11) is 0. The summed E-state index contributed by atoms with van der Waals surface area (Å²) in [6.45, 7) is 1.52. The molecule has 0 amide bonds. The topological polar surface area (TPSA) is 17.1 Å². The van der Waals surface area contributed by atoms with Crippen LogP contribution >= 0.6 is 11.3 Å². The second-order valence-corrected chi connectivity index (χ2v) is 4.89. The van der Waals surface area contributed by atoms with Gasteiger partial charge in [-0.15, -0.1) is 0 Å². The van der Waals surface area contributed by atoms with E-state index in [-0.39, 0.29) is 12.0 Å². The van der Waals surface area contributed by atoms with Crippen LogP contribution in [-0.2, 0) is 6.42 Å². The van der Waals surface area contributed by atoms with Crippen molar-refractivity contribution in [2.45, 2.75) is 19.8 Å². The molecule has 94 valence electrons. The molecular formula is C14H12F2OS. The van der Waals surface area contributed by atoms with Gasteiger partial charge in [-0.05, 0) is 47.4 Å². The molecule has 0 fully saturated rings. The molecule has 0 spiro atoms. The molecule has 0 saturated carbocycles. The van der Waals surface area contributed by atoms with Crippen molar-refractivity contribution < 1.29 is 13.6 Å². The first-order chi connectivity index (χ1) is 8.59. The van der Waals surface area contributed by atoms with Crippen LogP contribution in [-0.4, -0.2) is 5.78 Å². The molecule has 4 heteroatoms. The molecule has 0 N–H and O–H groups in total. The molecule has 2 aromatic rings. The molecule has 0 radical (unpaired) electrons. The van der Waals surface area contributed by atoms with Crippen molar-refractivity contribution in [1.82, 2.24) is 0 Å². The minimum Gasteiger partial charge on any atom is -0.294 e. The van der Waals surface area contributed by atoms with Crippen LogP contribution in [0, 0.1) is 18.6 Å². The Labute approximate surface area is 108 Å². The Morgan fingerprint density at radius 1 is 1.28 bits per heavy atom. The minimum absolute atomic E-state index is 0.119. The Kier molecular flexibility index (Phi) is 3.87. The summed E-state index contributed by atoms with van der Waals surface area (Å²) in [4.78, 5) is 11.9. The number of carbonyl (C=O) groups is 1. The first-order valence-corrected chi connectivity index (χ1v) is 6.52. The van der Waals surface area contributed by atoms with E-state index < -0.39 is 23.0 Å².